The monoisotopic (exact) mass is 232 g/mol. The number of aromatic nitrogens is 1. The fourth-order valence-electron chi connectivity index (χ4n) is 1.41. The van der Waals surface area contributed by atoms with E-state index in [0.29, 0.717) is 12.4 Å². The van der Waals surface area contributed by atoms with Crippen molar-refractivity contribution in [2.24, 2.45) is 0 Å². The van der Waals surface area contributed by atoms with E-state index in [1.54, 1.807) is 31.5 Å². The largest absolute Gasteiger partial charge is 0.481 e. The summed E-state index contributed by atoms with van der Waals surface area (Å²) in [4.78, 5) is 15.7. The first-order valence-corrected chi connectivity index (χ1v) is 5.11. The topological polar surface area (TPSA) is 64.4 Å². The van der Waals surface area contributed by atoms with Crippen LogP contribution in [0.1, 0.15) is 16.1 Å². The molecule has 0 atom stereocenters. The lowest BCUT2D eigenvalue weighted by atomic mass is 10.2. The molecule has 0 fully saturated rings. The molecule has 0 bridgehead atoms. The molecule has 0 aliphatic rings. The van der Waals surface area contributed by atoms with Crippen molar-refractivity contribution in [3.63, 3.8) is 0 Å². The maximum atomic E-state index is 11.6. The lowest BCUT2D eigenvalue weighted by molar-refractivity contribution is 0.0923. The lowest BCUT2D eigenvalue weighted by Gasteiger charge is -2.07. The minimum absolute atomic E-state index is 0.263. The van der Waals surface area contributed by atoms with E-state index < -0.39 is 0 Å². The minimum atomic E-state index is -0.263. The van der Waals surface area contributed by atoms with Gasteiger partial charge in [0.25, 0.3) is 5.91 Å². The molecule has 1 amide bonds. The van der Waals surface area contributed by atoms with Crippen molar-refractivity contribution < 1.29 is 13.9 Å². The van der Waals surface area contributed by atoms with Crippen molar-refractivity contribution in [3.8, 4) is 5.88 Å². The van der Waals surface area contributed by atoms with E-state index in [9.17, 15) is 4.79 Å². The van der Waals surface area contributed by atoms with Gasteiger partial charge in [-0.2, -0.15) is 0 Å². The van der Waals surface area contributed by atoms with Crippen molar-refractivity contribution in [2.75, 3.05) is 7.11 Å². The first-order chi connectivity index (χ1) is 8.31. The number of furan rings is 1. The van der Waals surface area contributed by atoms with Gasteiger partial charge in [-0.15, -0.1) is 0 Å². The molecule has 5 heteroatoms. The Labute approximate surface area is 98.4 Å². The van der Waals surface area contributed by atoms with Crippen LogP contribution in [-0.2, 0) is 6.54 Å². The van der Waals surface area contributed by atoms with Crippen LogP contribution in [0.3, 0.4) is 0 Å². The molecule has 0 saturated carbocycles. The van der Waals surface area contributed by atoms with Gasteiger partial charge in [-0.25, -0.2) is 4.98 Å². The molecule has 0 aliphatic carbocycles. The molecule has 2 aromatic heterocycles. The molecular weight excluding hydrogens is 220 g/mol. The van der Waals surface area contributed by atoms with Crippen LogP contribution in [-0.4, -0.2) is 18.0 Å². The Bertz CT molecular complexity index is 494. The highest BCUT2D eigenvalue weighted by atomic mass is 16.5. The van der Waals surface area contributed by atoms with Crippen LogP contribution < -0.4 is 10.1 Å². The van der Waals surface area contributed by atoms with E-state index in [0.717, 1.165) is 5.56 Å². The maximum Gasteiger partial charge on any atom is 0.287 e. The van der Waals surface area contributed by atoms with Crippen molar-refractivity contribution in [1.29, 1.82) is 0 Å². The maximum absolute atomic E-state index is 11.6. The summed E-state index contributed by atoms with van der Waals surface area (Å²) in [5.41, 5.74) is 0.815. The van der Waals surface area contributed by atoms with Crippen LogP contribution in [0.4, 0.5) is 0 Å². The molecule has 0 aliphatic heterocycles. The zero-order valence-electron chi connectivity index (χ0n) is 9.34. The number of carbonyl (C=O) groups excluding carboxylic acids is 1. The van der Waals surface area contributed by atoms with E-state index in [2.05, 4.69) is 10.3 Å². The van der Waals surface area contributed by atoms with E-state index in [-0.39, 0.29) is 11.7 Å². The molecule has 2 aromatic rings. The number of hydrogen-bond donors (Lipinski definition) is 1. The second-order valence-corrected chi connectivity index (χ2v) is 3.33. The molecule has 0 saturated heterocycles. The van der Waals surface area contributed by atoms with Gasteiger partial charge in [0.2, 0.25) is 5.88 Å². The average molecular weight is 232 g/mol. The fraction of sp³-hybridized carbons (Fsp3) is 0.167. The molecular formula is C12H12N2O3. The zero-order valence-corrected chi connectivity index (χ0v) is 9.34. The zero-order chi connectivity index (χ0) is 12.1. The van der Waals surface area contributed by atoms with E-state index in [1.165, 1.54) is 6.26 Å². The smallest absolute Gasteiger partial charge is 0.287 e. The van der Waals surface area contributed by atoms with Crippen molar-refractivity contribution >= 4 is 5.91 Å². The number of nitrogens with one attached hydrogen (secondary N) is 1. The SMILES string of the molecule is COc1ncccc1CNC(=O)c1ccco1. The van der Waals surface area contributed by atoms with Gasteiger partial charge >= 0.3 is 0 Å². The molecule has 0 unspecified atom stereocenters. The summed E-state index contributed by atoms with van der Waals surface area (Å²) in [6.45, 7) is 0.344. The Morgan fingerprint density at radius 1 is 1.47 bits per heavy atom. The van der Waals surface area contributed by atoms with Gasteiger partial charge in [0.1, 0.15) is 0 Å². The number of pyridine rings is 1. The second-order valence-electron chi connectivity index (χ2n) is 3.33. The number of methoxy groups -OCH3 is 1. The third-order valence-electron chi connectivity index (χ3n) is 2.23. The Balaban J connectivity index is 2.00. The van der Waals surface area contributed by atoms with Crippen molar-refractivity contribution in [3.05, 3.63) is 48.0 Å². The van der Waals surface area contributed by atoms with Gasteiger partial charge in [-0.3, -0.25) is 4.79 Å². The van der Waals surface area contributed by atoms with Gasteiger partial charge in [-0.1, -0.05) is 6.07 Å². The van der Waals surface area contributed by atoms with Crippen molar-refractivity contribution in [2.45, 2.75) is 6.54 Å². The highest BCUT2D eigenvalue weighted by molar-refractivity contribution is 5.91. The van der Waals surface area contributed by atoms with E-state index in [1.807, 2.05) is 6.07 Å². The number of ether oxygens (including phenoxy) is 1. The molecule has 17 heavy (non-hydrogen) atoms. The average Bonchev–Trinajstić information content (AvgIpc) is 2.90. The van der Waals surface area contributed by atoms with Crippen LogP contribution in [0.2, 0.25) is 0 Å². The molecule has 2 rings (SSSR count). The number of amides is 1. The second kappa shape index (κ2) is 5.16. The molecule has 1 N–H and O–H groups in total. The summed E-state index contributed by atoms with van der Waals surface area (Å²) >= 11 is 0. The summed E-state index contributed by atoms with van der Waals surface area (Å²) in [5, 5.41) is 2.72. The number of rotatable bonds is 4. The van der Waals surface area contributed by atoms with Crippen LogP contribution in [0.5, 0.6) is 5.88 Å². The normalized spacial score (nSPS) is 9.94. The predicted molar refractivity (Wildman–Crippen MR) is 60.7 cm³/mol. The summed E-state index contributed by atoms with van der Waals surface area (Å²) in [7, 11) is 1.54. The highest BCUT2D eigenvalue weighted by Crippen LogP contribution is 2.13. The van der Waals surface area contributed by atoms with Crippen molar-refractivity contribution in [1.82, 2.24) is 10.3 Å². The highest BCUT2D eigenvalue weighted by Gasteiger charge is 2.09. The lowest BCUT2D eigenvalue weighted by Crippen LogP contribution is -2.22. The first-order valence-electron chi connectivity index (χ1n) is 5.11. The molecule has 0 aromatic carbocycles. The summed E-state index contributed by atoms with van der Waals surface area (Å²) in [6.07, 6.45) is 3.09. The van der Waals surface area contributed by atoms with E-state index >= 15 is 0 Å². The minimum Gasteiger partial charge on any atom is -0.481 e. The van der Waals surface area contributed by atoms with Crippen LogP contribution in [0.15, 0.2) is 41.1 Å². The summed E-state index contributed by atoms with van der Waals surface area (Å²) in [5.74, 6) is 0.529. The van der Waals surface area contributed by atoms with Gasteiger partial charge in [0.15, 0.2) is 5.76 Å². The van der Waals surface area contributed by atoms with Crippen LogP contribution >= 0.6 is 0 Å². The summed E-state index contributed by atoms with van der Waals surface area (Å²) < 4.78 is 10.1. The molecule has 88 valence electrons. The Morgan fingerprint density at radius 3 is 3.06 bits per heavy atom. The molecule has 5 nitrogen and oxygen atoms in total. The van der Waals surface area contributed by atoms with Crippen LogP contribution in [0, 0.1) is 0 Å². The number of hydrogen-bond acceptors (Lipinski definition) is 4. The Morgan fingerprint density at radius 2 is 2.35 bits per heavy atom. The first kappa shape index (κ1) is 11.2. The van der Waals surface area contributed by atoms with Gasteiger partial charge in [-0.05, 0) is 18.2 Å². The quantitative estimate of drug-likeness (QED) is 0.869. The van der Waals surface area contributed by atoms with Gasteiger partial charge in [0, 0.05) is 18.3 Å². The third kappa shape index (κ3) is 2.63. The molecule has 0 radical (unpaired) electrons. The number of carbonyl (C=O) groups is 1. The Kier molecular flexibility index (Phi) is 3.40. The molecule has 0 spiro atoms. The van der Waals surface area contributed by atoms with Gasteiger partial charge < -0.3 is 14.5 Å². The fourth-order valence-corrected chi connectivity index (χ4v) is 1.41. The third-order valence-corrected chi connectivity index (χ3v) is 2.23. The Hall–Kier alpha value is -2.30. The van der Waals surface area contributed by atoms with Crippen LogP contribution in [0.25, 0.3) is 0 Å². The summed E-state index contributed by atoms with van der Waals surface area (Å²) in [6, 6.07) is 6.90. The predicted octanol–water partition coefficient (Wildman–Crippen LogP) is 1.61. The molecule has 2 heterocycles. The standard InChI is InChI=1S/C12H12N2O3/c1-16-12-9(4-2-6-13-12)8-14-11(15)10-5-3-7-17-10/h2-7H,8H2,1H3,(H,14,15). The van der Waals surface area contributed by atoms with Gasteiger partial charge in [0.05, 0.1) is 13.4 Å². The van der Waals surface area contributed by atoms with E-state index in [4.69, 9.17) is 9.15 Å². The number of nitrogens with zero attached hydrogens (tertiary/aromatic N) is 1.